The summed E-state index contributed by atoms with van der Waals surface area (Å²) in [6.07, 6.45) is 12.0. The van der Waals surface area contributed by atoms with Crippen LogP contribution in [0.2, 0.25) is 0 Å². The SMILES string of the molecule is CCCCCCCCCCCCP(=O)(O)O.[Ni]. The number of hydrogen-bond acceptors (Lipinski definition) is 1. The molecular formula is C12H27NiO3P. The molecule has 0 atom stereocenters. The van der Waals surface area contributed by atoms with Gasteiger partial charge in [-0.25, -0.2) is 0 Å². The molecule has 0 unspecified atom stereocenters. The van der Waals surface area contributed by atoms with Gasteiger partial charge in [0.15, 0.2) is 0 Å². The van der Waals surface area contributed by atoms with Gasteiger partial charge in [0.25, 0.3) is 0 Å². The van der Waals surface area contributed by atoms with E-state index >= 15 is 0 Å². The molecule has 0 aromatic rings. The molecule has 0 aliphatic rings. The van der Waals surface area contributed by atoms with Crippen LogP contribution in [0.1, 0.15) is 71.1 Å². The fraction of sp³-hybridized carbons (Fsp3) is 1.00. The first-order valence-electron chi connectivity index (χ1n) is 6.61. The van der Waals surface area contributed by atoms with E-state index in [1.807, 2.05) is 0 Å². The zero-order valence-corrected chi connectivity index (χ0v) is 12.7. The van der Waals surface area contributed by atoms with Crippen LogP contribution >= 0.6 is 7.60 Å². The van der Waals surface area contributed by atoms with Crippen molar-refractivity contribution in [3.63, 3.8) is 0 Å². The quantitative estimate of drug-likeness (QED) is 0.343. The summed E-state index contributed by atoms with van der Waals surface area (Å²) in [5.74, 6) is 0. The Balaban J connectivity index is 0. The molecule has 0 aliphatic heterocycles. The van der Waals surface area contributed by atoms with E-state index in [1.165, 1.54) is 44.9 Å². The molecule has 0 aliphatic carbocycles. The molecular weight excluding hydrogens is 282 g/mol. The van der Waals surface area contributed by atoms with Crippen LogP contribution in [0, 0.1) is 0 Å². The molecule has 0 spiro atoms. The second-order valence-electron chi connectivity index (χ2n) is 4.57. The second kappa shape index (κ2) is 13.1. The molecule has 0 bridgehead atoms. The molecule has 5 heteroatoms. The Kier molecular flexibility index (Phi) is 15.4. The van der Waals surface area contributed by atoms with E-state index in [9.17, 15) is 4.57 Å². The van der Waals surface area contributed by atoms with Gasteiger partial charge in [0.05, 0.1) is 0 Å². The number of rotatable bonds is 11. The predicted molar refractivity (Wildman–Crippen MR) is 68.8 cm³/mol. The summed E-state index contributed by atoms with van der Waals surface area (Å²) in [7, 11) is -3.74. The van der Waals surface area contributed by atoms with Crippen molar-refractivity contribution >= 4 is 7.60 Å². The Morgan fingerprint density at radius 1 is 0.765 bits per heavy atom. The zero-order chi connectivity index (χ0) is 12.3. The summed E-state index contributed by atoms with van der Waals surface area (Å²) in [6, 6.07) is 0. The minimum Gasteiger partial charge on any atom is -0.324 e. The van der Waals surface area contributed by atoms with Crippen molar-refractivity contribution in [1.82, 2.24) is 0 Å². The minimum atomic E-state index is -3.74. The van der Waals surface area contributed by atoms with Gasteiger partial charge < -0.3 is 9.79 Å². The monoisotopic (exact) mass is 308 g/mol. The predicted octanol–water partition coefficient (Wildman–Crippen LogP) is 4.08. The van der Waals surface area contributed by atoms with Crippen molar-refractivity contribution in [1.29, 1.82) is 0 Å². The molecule has 17 heavy (non-hydrogen) atoms. The normalized spacial score (nSPS) is 11.2. The topological polar surface area (TPSA) is 57.5 Å². The summed E-state index contributed by atoms with van der Waals surface area (Å²) in [6.45, 7) is 2.22. The first-order chi connectivity index (χ1) is 7.56. The Morgan fingerprint density at radius 2 is 1.12 bits per heavy atom. The standard InChI is InChI=1S/C12H27O3P.Ni/c1-2-3-4-5-6-7-8-9-10-11-12-16(13,14)15;/h2-12H2,1H3,(H2,13,14,15);. The Hall–Kier alpha value is 0.644. The summed E-state index contributed by atoms with van der Waals surface area (Å²) < 4.78 is 10.6. The third-order valence-corrected chi connectivity index (χ3v) is 3.70. The van der Waals surface area contributed by atoms with Gasteiger partial charge >= 0.3 is 7.60 Å². The Bertz CT molecular complexity index is 194. The first-order valence-corrected chi connectivity index (χ1v) is 8.40. The van der Waals surface area contributed by atoms with Gasteiger partial charge in [-0.3, -0.25) is 4.57 Å². The van der Waals surface area contributed by atoms with Gasteiger partial charge in [0, 0.05) is 22.7 Å². The maximum atomic E-state index is 10.6. The molecule has 0 saturated heterocycles. The molecule has 0 radical (unpaired) electrons. The number of unbranched alkanes of at least 4 members (excludes halogenated alkanes) is 9. The van der Waals surface area contributed by atoms with E-state index in [2.05, 4.69) is 6.92 Å². The second-order valence-corrected chi connectivity index (χ2v) is 6.35. The van der Waals surface area contributed by atoms with Crippen molar-refractivity contribution in [2.24, 2.45) is 0 Å². The van der Waals surface area contributed by atoms with Crippen LogP contribution in [0.15, 0.2) is 0 Å². The van der Waals surface area contributed by atoms with Crippen molar-refractivity contribution in [3.8, 4) is 0 Å². The fourth-order valence-electron chi connectivity index (χ4n) is 1.81. The van der Waals surface area contributed by atoms with Crippen LogP contribution in [0.3, 0.4) is 0 Å². The van der Waals surface area contributed by atoms with Crippen molar-refractivity contribution in [2.45, 2.75) is 71.1 Å². The summed E-state index contributed by atoms with van der Waals surface area (Å²) >= 11 is 0. The molecule has 3 nitrogen and oxygen atoms in total. The molecule has 0 rings (SSSR count). The summed E-state index contributed by atoms with van der Waals surface area (Å²) in [5, 5.41) is 0. The maximum Gasteiger partial charge on any atom is 0.325 e. The van der Waals surface area contributed by atoms with Gasteiger partial charge in [-0.2, -0.15) is 0 Å². The van der Waals surface area contributed by atoms with E-state index in [4.69, 9.17) is 9.79 Å². The first kappa shape index (κ1) is 20.0. The van der Waals surface area contributed by atoms with Gasteiger partial charge in [0.1, 0.15) is 0 Å². The largest absolute Gasteiger partial charge is 0.325 e. The molecule has 0 amide bonds. The molecule has 0 heterocycles. The number of hydrogen-bond donors (Lipinski definition) is 2. The molecule has 108 valence electrons. The van der Waals surface area contributed by atoms with E-state index in [1.54, 1.807) is 0 Å². The third-order valence-electron chi connectivity index (χ3n) is 2.80. The zero-order valence-electron chi connectivity index (χ0n) is 10.8. The average Bonchev–Trinajstić information content (AvgIpc) is 2.19. The van der Waals surface area contributed by atoms with Crippen LogP contribution in [-0.2, 0) is 21.1 Å². The summed E-state index contributed by atoms with van der Waals surface area (Å²) in [5.41, 5.74) is 0. The molecule has 0 aromatic carbocycles. The molecule has 2 N–H and O–H groups in total. The van der Waals surface area contributed by atoms with Crippen molar-refractivity contribution in [3.05, 3.63) is 0 Å². The van der Waals surface area contributed by atoms with Crippen molar-refractivity contribution in [2.75, 3.05) is 6.16 Å². The minimum absolute atomic E-state index is 0. The van der Waals surface area contributed by atoms with E-state index in [0.29, 0.717) is 6.42 Å². The summed E-state index contributed by atoms with van der Waals surface area (Å²) in [4.78, 5) is 17.3. The Morgan fingerprint density at radius 3 is 1.47 bits per heavy atom. The van der Waals surface area contributed by atoms with Crippen molar-refractivity contribution < 1.29 is 30.8 Å². The van der Waals surface area contributed by atoms with Gasteiger partial charge in [-0.1, -0.05) is 64.7 Å². The van der Waals surface area contributed by atoms with Crippen LogP contribution in [0.4, 0.5) is 0 Å². The van der Waals surface area contributed by atoms with Crippen LogP contribution in [0.25, 0.3) is 0 Å². The van der Waals surface area contributed by atoms with Crippen LogP contribution in [-0.4, -0.2) is 15.9 Å². The molecule has 0 saturated carbocycles. The van der Waals surface area contributed by atoms with Gasteiger partial charge in [0.2, 0.25) is 0 Å². The van der Waals surface area contributed by atoms with E-state index in [0.717, 1.165) is 12.8 Å². The van der Waals surface area contributed by atoms with Crippen LogP contribution in [0.5, 0.6) is 0 Å². The average molecular weight is 309 g/mol. The fourth-order valence-corrected chi connectivity index (χ4v) is 2.44. The molecule has 0 fully saturated rings. The van der Waals surface area contributed by atoms with Gasteiger partial charge in [-0.15, -0.1) is 0 Å². The maximum absolute atomic E-state index is 10.6. The van der Waals surface area contributed by atoms with Gasteiger partial charge in [-0.05, 0) is 6.42 Å². The molecule has 0 aromatic heterocycles. The van der Waals surface area contributed by atoms with Crippen LogP contribution < -0.4 is 0 Å². The van der Waals surface area contributed by atoms with E-state index in [-0.39, 0.29) is 22.7 Å². The van der Waals surface area contributed by atoms with E-state index < -0.39 is 7.60 Å². The third kappa shape index (κ3) is 19.2. The Labute approximate surface area is 116 Å². The smallest absolute Gasteiger partial charge is 0.324 e.